The van der Waals surface area contributed by atoms with Crippen LogP contribution in [0, 0.1) is 0 Å². The van der Waals surface area contributed by atoms with Crippen LogP contribution in [0.3, 0.4) is 0 Å². The van der Waals surface area contributed by atoms with Gasteiger partial charge in [0, 0.05) is 17.8 Å². The topological polar surface area (TPSA) is 4.93 Å². The Morgan fingerprint density at radius 1 is 0.640 bits per heavy atom. The minimum atomic E-state index is 1.16. The monoisotopic (exact) mass is 385 g/mol. The first-order chi connectivity index (χ1) is 12.3. The Morgan fingerprint density at radius 2 is 1.16 bits per heavy atom. The molecule has 0 atom stereocenters. The summed E-state index contributed by atoms with van der Waals surface area (Å²) in [6.07, 6.45) is 0. The molecule has 25 heavy (non-hydrogen) atoms. The van der Waals surface area contributed by atoms with E-state index in [4.69, 9.17) is 0 Å². The molecule has 5 rings (SSSR count). The highest BCUT2D eigenvalue weighted by Gasteiger charge is 2.19. The highest BCUT2D eigenvalue weighted by molar-refractivity contribution is 9.10. The summed E-state index contributed by atoms with van der Waals surface area (Å²) in [7, 11) is 2.16. The first kappa shape index (κ1) is 14.7. The molecular formula is C23H16BrN. The summed E-state index contributed by atoms with van der Waals surface area (Å²) < 4.78 is 3.49. The van der Waals surface area contributed by atoms with Crippen LogP contribution < -0.4 is 0 Å². The van der Waals surface area contributed by atoms with Crippen LogP contribution in [0.1, 0.15) is 0 Å². The number of hydrogen-bond acceptors (Lipinski definition) is 0. The van der Waals surface area contributed by atoms with Gasteiger partial charge in [-0.2, -0.15) is 0 Å². The highest BCUT2D eigenvalue weighted by Crippen LogP contribution is 2.44. The number of hydrogen-bond donors (Lipinski definition) is 0. The van der Waals surface area contributed by atoms with Gasteiger partial charge in [-0.25, -0.2) is 0 Å². The standard InChI is InChI=1S/C23H16BrN/c1-25-22(15-9-3-2-4-10-15)21(24)20-18-13-7-5-11-16(18)17-12-6-8-14-19(17)23(20)25/h2-14H,1H3. The van der Waals surface area contributed by atoms with Crippen LogP contribution in [0.15, 0.2) is 83.3 Å². The molecule has 2 heteroatoms. The molecule has 1 nitrogen and oxygen atoms in total. The summed E-state index contributed by atoms with van der Waals surface area (Å²) in [5.74, 6) is 0. The van der Waals surface area contributed by atoms with Crippen LogP contribution in [0.5, 0.6) is 0 Å². The molecule has 1 heterocycles. The second-order valence-corrected chi connectivity index (χ2v) is 7.20. The van der Waals surface area contributed by atoms with Crippen LogP contribution in [-0.2, 0) is 7.05 Å². The molecule has 0 aliphatic heterocycles. The van der Waals surface area contributed by atoms with Gasteiger partial charge in [0.15, 0.2) is 0 Å². The largest absolute Gasteiger partial charge is 0.342 e. The van der Waals surface area contributed by atoms with E-state index in [0.29, 0.717) is 0 Å². The van der Waals surface area contributed by atoms with E-state index in [1.54, 1.807) is 0 Å². The Labute approximate surface area is 154 Å². The summed E-state index contributed by atoms with van der Waals surface area (Å²) in [4.78, 5) is 0. The van der Waals surface area contributed by atoms with Gasteiger partial charge >= 0.3 is 0 Å². The minimum absolute atomic E-state index is 1.16. The smallest absolute Gasteiger partial charge is 0.0633 e. The number of aryl methyl sites for hydroxylation is 1. The van der Waals surface area contributed by atoms with Gasteiger partial charge in [0.2, 0.25) is 0 Å². The molecule has 0 N–H and O–H groups in total. The number of fused-ring (bicyclic) bond motifs is 6. The fourth-order valence-electron chi connectivity index (χ4n) is 3.99. The van der Waals surface area contributed by atoms with E-state index in [9.17, 15) is 0 Å². The van der Waals surface area contributed by atoms with E-state index in [-0.39, 0.29) is 0 Å². The van der Waals surface area contributed by atoms with E-state index >= 15 is 0 Å². The Bertz CT molecular complexity index is 1170. The van der Waals surface area contributed by atoms with Gasteiger partial charge in [-0.1, -0.05) is 78.9 Å². The average Bonchev–Trinajstić information content (AvgIpc) is 2.94. The highest BCUT2D eigenvalue weighted by atomic mass is 79.9. The van der Waals surface area contributed by atoms with E-state index in [1.165, 1.54) is 43.7 Å². The van der Waals surface area contributed by atoms with E-state index in [2.05, 4.69) is 106 Å². The van der Waals surface area contributed by atoms with Gasteiger partial charge in [-0.3, -0.25) is 0 Å². The first-order valence-electron chi connectivity index (χ1n) is 8.40. The maximum atomic E-state index is 3.93. The Morgan fingerprint density at radius 3 is 1.84 bits per heavy atom. The van der Waals surface area contributed by atoms with Crippen molar-refractivity contribution in [2.24, 2.45) is 7.05 Å². The Kier molecular flexibility index (Phi) is 3.22. The van der Waals surface area contributed by atoms with Crippen LogP contribution >= 0.6 is 15.9 Å². The lowest BCUT2D eigenvalue weighted by atomic mass is 9.98. The Balaban J connectivity index is 2.09. The van der Waals surface area contributed by atoms with Gasteiger partial charge in [0.25, 0.3) is 0 Å². The second-order valence-electron chi connectivity index (χ2n) is 6.40. The van der Waals surface area contributed by atoms with Crippen molar-refractivity contribution in [3.8, 4) is 11.3 Å². The molecule has 4 aromatic carbocycles. The molecule has 0 aliphatic rings. The molecule has 0 saturated carbocycles. The maximum absolute atomic E-state index is 3.93. The molecule has 0 fully saturated rings. The third-order valence-corrected chi connectivity index (χ3v) is 5.82. The van der Waals surface area contributed by atoms with Gasteiger partial charge in [0.05, 0.1) is 15.7 Å². The maximum Gasteiger partial charge on any atom is 0.0633 e. The average molecular weight is 386 g/mol. The number of nitrogens with zero attached hydrogens (tertiary/aromatic N) is 1. The third kappa shape index (κ3) is 2.01. The van der Waals surface area contributed by atoms with Crippen LogP contribution in [0.2, 0.25) is 0 Å². The van der Waals surface area contributed by atoms with Gasteiger partial charge in [-0.05, 0) is 37.7 Å². The second kappa shape index (κ2) is 5.47. The summed E-state index contributed by atoms with van der Waals surface area (Å²) in [6.45, 7) is 0. The number of rotatable bonds is 1. The lowest BCUT2D eigenvalue weighted by Crippen LogP contribution is -1.92. The Hall–Kier alpha value is -2.58. The molecule has 0 bridgehead atoms. The molecular weight excluding hydrogens is 370 g/mol. The van der Waals surface area contributed by atoms with Crippen LogP contribution in [-0.4, -0.2) is 4.57 Å². The zero-order valence-corrected chi connectivity index (χ0v) is 15.4. The predicted octanol–water partition coefficient (Wildman–Crippen LogP) is 6.91. The molecule has 1 aromatic heterocycles. The van der Waals surface area contributed by atoms with Gasteiger partial charge in [0.1, 0.15) is 0 Å². The fraction of sp³-hybridized carbons (Fsp3) is 0.0435. The minimum Gasteiger partial charge on any atom is -0.342 e. The van der Waals surface area contributed by atoms with Crippen molar-refractivity contribution in [3.05, 3.63) is 83.3 Å². The molecule has 0 unspecified atom stereocenters. The lowest BCUT2D eigenvalue weighted by Gasteiger charge is -2.09. The zero-order valence-electron chi connectivity index (χ0n) is 13.8. The van der Waals surface area contributed by atoms with Crippen molar-refractivity contribution in [1.82, 2.24) is 4.57 Å². The third-order valence-electron chi connectivity index (χ3n) is 5.05. The fourth-order valence-corrected chi connectivity index (χ4v) is 4.88. The summed E-state index contributed by atoms with van der Waals surface area (Å²) in [5, 5.41) is 6.48. The first-order valence-corrected chi connectivity index (χ1v) is 9.19. The van der Waals surface area contributed by atoms with Crippen molar-refractivity contribution >= 4 is 48.4 Å². The van der Waals surface area contributed by atoms with Crippen molar-refractivity contribution in [2.45, 2.75) is 0 Å². The molecule has 5 aromatic rings. The molecule has 0 aliphatic carbocycles. The van der Waals surface area contributed by atoms with Crippen molar-refractivity contribution in [1.29, 1.82) is 0 Å². The van der Waals surface area contributed by atoms with E-state index in [0.717, 1.165) is 4.47 Å². The van der Waals surface area contributed by atoms with E-state index in [1.807, 2.05) is 0 Å². The van der Waals surface area contributed by atoms with Crippen molar-refractivity contribution < 1.29 is 0 Å². The number of benzene rings is 4. The van der Waals surface area contributed by atoms with Crippen molar-refractivity contribution in [3.63, 3.8) is 0 Å². The summed E-state index contributed by atoms with van der Waals surface area (Å²) >= 11 is 3.93. The molecule has 0 saturated heterocycles. The number of halogens is 1. The summed E-state index contributed by atoms with van der Waals surface area (Å²) in [5.41, 5.74) is 3.72. The van der Waals surface area contributed by atoms with Crippen LogP contribution in [0.4, 0.5) is 0 Å². The zero-order chi connectivity index (χ0) is 17.0. The lowest BCUT2D eigenvalue weighted by molar-refractivity contribution is 0.980. The predicted molar refractivity (Wildman–Crippen MR) is 111 cm³/mol. The van der Waals surface area contributed by atoms with Gasteiger partial charge in [-0.15, -0.1) is 0 Å². The van der Waals surface area contributed by atoms with Crippen molar-refractivity contribution in [2.75, 3.05) is 0 Å². The molecule has 0 radical (unpaired) electrons. The molecule has 120 valence electrons. The van der Waals surface area contributed by atoms with E-state index < -0.39 is 0 Å². The van der Waals surface area contributed by atoms with Gasteiger partial charge < -0.3 is 4.57 Å². The molecule has 0 amide bonds. The normalized spacial score (nSPS) is 11.6. The summed E-state index contributed by atoms with van der Waals surface area (Å²) in [6, 6.07) is 28.0. The number of aromatic nitrogens is 1. The SMILES string of the molecule is Cn1c(-c2ccccc2)c(Br)c2c3ccccc3c3ccccc3c21. The molecule has 0 spiro atoms. The van der Waals surface area contributed by atoms with Crippen LogP contribution in [0.25, 0.3) is 43.7 Å². The quantitative estimate of drug-likeness (QED) is 0.276.